The van der Waals surface area contributed by atoms with Crippen LogP contribution in [0.5, 0.6) is 0 Å². The Labute approximate surface area is 153 Å². The minimum absolute atomic E-state index is 0.250. The quantitative estimate of drug-likeness (QED) is 0.662. The number of rotatable bonds is 7. The molecule has 2 aromatic carbocycles. The lowest BCUT2D eigenvalue weighted by Gasteiger charge is -2.23. The van der Waals surface area contributed by atoms with Crippen molar-refractivity contribution in [2.75, 3.05) is 6.54 Å². The van der Waals surface area contributed by atoms with Gasteiger partial charge >= 0.3 is 0 Å². The van der Waals surface area contributed by atoms with E-state index >= 15 is 0 Å². The van der Waals surface area contributed by atoms with Crippen molar-refractivity contribution >= 4 is 6.47 Å². The second-order valence-electron chi connectivity index (χ2n) is 5.86. The van der Waals surface area contributed by atoms with Crippen LogP contribution in [0.1, 0.15) is 17.0 Å². The molecule has 1 heterocycles. The lowest BCUT2D eigenvalue weighted by molar-refractivity contribution is -0.122. The molecular formula is C20H24N4O2. The Morgan fingerprint density at radius 2 is 1.50 bits per heavy atom. The molecule has 0 saturated heterocycles. The molecule has 0 fully saturated rings. The van der Waals surface area contributed by atoms with Crippen LogP contribution in [0.15, 0.2) is 67.0 Å². The first kappa shape index (κ1) is 19.3. The Hall–Kier alpha value is -2.99. The molecule has 6 nitrogen and oxygen atoms in total. The number of hydrogen-bond donors (Lipinski definition) is 1. The summed E-state index contributed by atoms with van der Waals surface area (Å²) in [6, 6.07) is 21.2. The first-order valence-electron chi connectivity index (χ1n) is 8.45. The van der Waals surface area contributed by atoms with Gasteiger partial charge in [-0.2, -0.15) is 0 Å². The number of carbonyl (C=O) groups is 1. The molecule has 26 heavy (non-hydrogen) atoms. The number of aryl methyl sites for hydroxylation is 1. The van der Waals surface area contributed by atoms with Crippen molar-refractivity contribution < 1.29 is 9.90 Å². The van der Waals surface area contributed by atoms with E-state index in [4.69, 9.17) is 9.90 Å². The Bertz CT molecular complexity index is 718. The molecule has 0 saturated carbocycles. The molecule has 0 aliphatic carbocycles. The lowest BCUT2D eigenvalue weighted by atomic mass is 10.1. The standard InChI is InChI=1S/C19H22N4.CH2O2/c1-17-21-20-16-23(17)13-12-22(14-18-8-4-2-5-9-18)15-19-10-6-3-7-11-19;2-1-3/h2-11,16H,12-15H2,1H3;1H,(H,2,3). The predicted molar refractivity (Wildman–Crippen MR) is 100 cm³/mol. The van der Waals surface area contributed by atoms with E-state index in [0.29, 0.717) is 0 Å². The highest BCUT2D eigenvalue weighted by Crippen LogP contribution is 2.10. The topological polar surface area (TPSA) is 71.2 Å². The second-order valence-corrected chi connectivity index (χ2v) is 5.86. The van der Waals surface area contributed by atoms with Gasteiger partial charge in [0.15, 0.2) is 0 Å². The van der Waals surface area contributed by atoms with Crippen LogP contribution >= 0.6 is 0 Å². The zero-order valence-electron chi connectivity index (χ0n) is 14.9. The van der Waals surface area contributed by atoms with E-state index in [0.717, 1.165) is 32.0 Å². The highest BCUT2D eigenvalue weighted by molar-refractivity contribution is 5.32. The largest absolute Gasteiger partial charge is 0.483 e. The summed E-state index contributed by atoms with van der Waals surface area (Å²) >= 11 is 0. The van der Waals surface area contributed by atoms with Gasteiger partial charge in [-0.05, 0) is 18.1 Å². The fourth-order valence-corrected chi connectivity index (χ4v) is 2.68. The molecule has 0 amide bonds. The van der Waals surface area contributed by atoms with Crippen LogP contribution in [0.2, 0.25) is 0 Å². The van der Waals surface area contributed by atoms with Crippen LogP contribution in [0.4, 0.5) is 0 Å². The SMILES string of the molecule is Cc1nncn1CCN(Cc1ccccc1)Cc1ccccc1.O=CO. The highest BCUT2D eigenvalue weighted by Gasteiger charge is 2.08. The molecule has 3 aromatic rings. The molecular weight excluding hydrogens is 328 g/mol. The Balaban J connectivity index is 0.000000758. The summed E-state index contributed by atoms with van der Waals surface area (Å²) in [6.07, 6.45) is 1.80. The van der Waals surface area contributed by atoms with E-state index < -0.39 is 0 Å². The number of carboxylic acid groups (broad SMARTS) is 1. The van der Waals surface area contributed by atoms with E-state index in [1.807, 2.05) is 6.92 Å². The van der Waals surface area contributed by atoms with E-state index in [2.05, 4.69) is 80.3 Å². The van der Waals surface area contributed by atoms with Crippen molar-refractivity contribution in [3.63, 3.8) is 0 Å². The van der Waals surface area contributed by atoms with Crippen molar-refractivity contribution in [2.45, 2.75) is 26.6 Å². The van der Waals surface area contributed by atoms with Gasteiger partial charge in [0.25, 0.3) is 6.47 Å². The summed E-state index contributed by atoms with van der Waals surface area (Å²) in [5.41, 5.74) is 2.67. The normalized spacial score (nSPS) is 10.2. The molecule has 0 radical (unpaired) electrons. The monoisotopic (exact) mass is 352 g/mol. The van der Waals surface area contributed by atoms with Crippen molar-refractivity contribution in [3.05, 3.63) is 83.9 Å². The second kappa shape index (κ2) is 10.8. The maximum atomic E-state index is 8.36. The molecule has 1 N–H and O–H groups in total. The van der Waals surface area contributed by atoms with Crippen LogP contribution in [-0.2, 0) is 24.4 Å². The Kier molecular flexibility index (Phi) is 8.02. The van der Waals surface area contributed by atoms with Gasteiger partial charge in [-0.25, -0.2) is 0 Å². The Morgan fingerprint density at radius 1 is 1.00 bits per heavy atom. The van der Waals surface area contributed by atoms with Crippen LogP contribution in [0.3, 0.4) is 0 Å². The van der Waals surface area contributed by atoms with Crippen molar-refractivity contribution in [2.24, 2.45) is 0 Å². The summed E-state index contributed by atoms with van der Waals surface area (Å²) in [6.45, 7) is 5.49. The molecule has 0 spiro atoms. The van der Waals surface area contributed by atoms with E-state index in [1.165, 1.54) is 11.1 Å². The molecule has 0 aliphatic rings. The Morgan fingerprint density at radius 3 is 1.92 bits per heavy atom. The maximum Gasteiger partial charge on any atom is 0.290 e. The summed E-state index contributed by atoms with van der Waals surface area (Å²) in [7, 11) is 0. The van der Waals surface area contributed by atoms with Gasteiger partial charge in [0.05, 0.1) is 0 Å². The summed E-state index contributed by atoms with van der Waals surface area (Å²) in [4.78, 5) is 10.8. The van der Waals surface area contributed by atoms with Gasteiger partial charge < -0.3 is 9.67 Å². The smallest absolute Gasteiger partial charge is 0.290 e. The average molecular weight is 352 g/mol. The van der Waals surface area contributed by atoms with Crippen LogP contribution in [0.25, 0.3) is 0 Å². The third-order valence-corrected chi connectivity index (χ3v) is 3.96. The van der Waals surface area contributed by atoms with Gasteiger partial charge in [0.1, 0.15) is 12.2 Å². The van der Waals surface area contributed by atoms with Gasteiger partial charge in [-0.3, -0.25) is 9.69 Å². The average Bonchev–Trinajstić information content (AvgIpc) is 3.07. The molecule has 3 rings (SSSR count). The molecule has 0 atom stereocenters. The minimum atomic E-state index is -0.250. The third-order valence-electron chi connectivity index (χ3n) is 3.96. The third kappa shape index (κ3) is 6.49. The predicted octanol–water partition coefficient (Wildman–Crippen LogP) is 2.99. The summed E-state index contributed by atoms with van der Waals surface area (Å²) in [5, 5.41) is 14.9. The van der Waals surface area contributed by atoms with Crippen molar-refractivity contribution in [1.82, 2.24) is 19.7 Å². The fraction of sp³-hybridized carbons (Fsp3) is 0.250. The van der Waals surface area contributed by atoms with Crippen LogP contribution in [-0.4, -0.2) is 37.8 Å². The highest BCUT2D eigenvalue weighted by atomic mass is 16.3. The van der Waals surface area contributed by atoms with Crippen molar-refractivity contribution in [1.29, 1.82) is 0 Å². The molecule has 0 aliphatic heterocycles. The van der Waals surface area contributed by atoms with Gasteiger partial charge in [0, 0.05) is 26.2 Å². The first-order chi connectivity index (χ1) is 12.7. The van der Waals surface area contributed by atoms with Gasteiger partial charge in [-0.15, -0.1) is 10.2 Å². The summed E-state index contributed by atoms with van der Waals surface area (Å²) in [5.74, 6) is 0.962. The number of nitrogens with zero attached hydrogens (tertiary/aromatic N) is 4. The zero-order valence-corrected chi connectivity index (χ0v) is 14.9. The molecule has 1 aromatic heterocycles. The molecule has 6 heteroatoms. The number of hydrogen-bond acceptors (Lipinski definition) is 4. The minimum Gasteiger partial charge on any atom is -0.483 e. The van der Waals surface area contributed by atoms with Gasteiger partial charge in [0.2, 0.25) is 0 Å². The number of benzene rings is 2. The molecule has 136 valence electrons. The summed E-state index contributed by atoms with van der Waals surface area (Å²) < 4.78 is 2.10. The first-order valence-corrected chi connectivity index (χ1v) is 8.45. The number of aromatic nitrogens is 3. The van der Waals surface area contributed by atoms with E-state index in [1.54, 1.807) is 6.33 Å². The lowest BCUT2D eigenvalue weighted by Crippen LogP contribution is -2.27. The maximum absolute atomic E-state index is 8.36. The molecule has 0 bridgehead atoms. The van der Waals surface area contributed by atoms with Crippen LogP contribution < -0.4 is 0 Å². The van der Waals surface area contributed by atoms with Crippen molar-refractivity contribution in [3.8, 4) is 0 Å². The molecule has 0 unspecified atom stereocenters. The fourth-order valence-electron chi connectivity index (χ4n) is 2.68. The zero-order chi connectivity index (χ0) is 18.6. The van der Waals surface area contributed by atoms with E-state index in [-0.39, 0.29) is 6.47 Å². The van der Waals surface area contributed by atoms with Gasteiger partial charge in [-0.1, -0.05) is 60.7 Å². The van der Waals surface area contributed by atoms with Crippen LogP contribution in [0, 0.1) is 6.92 Å². The van der Waals surface area contributed by atoms with E-state index in [9.17, 15) is 0 Å².